The molecule has 0 spiro atoms. The highest BCUT2D eigenvalue weighted by atomic mass is 16.4. The summed E-state index contributed by atoms with van der Waals surface area (Å²) in [6.07, 6.45) is 0.663. The maximum absolute atomic E-state index is 10.3. The van der Waals surface area contributed by atoms with Gasteiger partial charge in [-0.2, -0.15) is 0 Å². The number of hydrogen-bond donors (Lipinski definition) is 1. The van der Waals surface area contributed by atoms with Crippen molar-refractivity contribution in [3.05, 3.63) is 17.9 Å². The van der Waals surface area contributed by atoms with Crippen molar-refractivity contribution in [2.24, 2.45) is 0 Å². The molecule has 0 aliphatic heterocycles. The van der Waals surface area contributed by atoms with Gasteiger partial charge in [-0.25, -0.2) is 0 Å². The van der Waals surface area contributed by atoms with Crippen LogP contribution in [-0.2, 0) is 0 Å². The standard InChI is InChI=1S/C9H13NO3/c1-2-10(5-6-11)9-4-3-8(7-12)13-9/h3-4,7,11H,2,5-6H2,1H3. The number of furan rings is 1. The van der Waals surface area contributed by atoms with Crippen molar-refractivity contribution in [3.8, 4) is 0 Å². The molecule has 0 saturated carbocycles. The van der Waals surface area contributed by atoms with Gasteiger partial charge in [-0.15, -0.1) is 0 Å². The van der Waals surface area contributed by atoms with Crippen LogP contribution in [0.1, 0.15) is 17.5 Å². The molecule has 0 unspecified atom stereocenters. The molecule has 1 heterocycles. The van der Waals surface area contributed by atoms with Gasteiger partial charge in [-0.05, 0) is 13.0 Å². The van der Waals surface area contributed by atoms with Crippen LogP contribution in [0.3, 0.4) is 0 Å². The van der Waals surface area contributed by atoms with E-state index in [0.717, 1.165) is 6.54 Å². The minimum absolute atomic E-state index is 0.0744. The van der Waals surface area contributed by atoms with Gasteiger partial charge in [-0.1, -0.05) is 0 Å². The Morgan fingerprint density at radius 1 is 1.62 bits per heavy atom. The molecular weight excluding hydrogens is 170 g/mol. The average Bonchev–Trinajstić information content (AvgIpc) is 2.62. The van der Waals surface area contributed by atoms with Gasteiger partial charge < -0.3 is 14.4 Å². The van der Waals surface area contributed by atoms with Crippen LogP contribution in [0.15, 0.2) is 16.5 Å². The van der Waals surface area contributed by atoms with Crippen molar-refractivity contribution in [1.82, 2.24) is 0 Å². The van der Waals surface area contributed by atoms with Crippen molar-refractivity contribution in [3.63, 3.8) is 0 Å². The number of likely N-dealkylation sites (N-methyl/N-ethyl adjacent to an activating group) is 1. The van der Waals surface area contributed by atoms with Gasteiger partial charge in [0.2, 0.25) is 0 Å². The Kier molecular flexibility index (Phi) is 3.52. The van der Waals surface area contributed by atoms with E-state index in [4.69, 9.17) is 9.52 Å². The lowest BCUT2D eigenvalue weighted by atomic mass is 10.4. The fraction of sp³-hybridized carbons (Fsp3) is 0.444. The molecule has 0 atom stereocenters. The van der Waals surface area contributed by atoms with Crippen molar-refractivity contribution in [2.75, 3.05) is 24.6 Å². The molecule has 4 nitrogen and oxygen atoms in total. The van der Waals surface area contributed by atoms with Crippen LogP contribution in [0.2, 0.25) is 0 Å². The zero-order valence-electron chi connectivity index (χ0n) is 7.56. The summed E-state index contributed by atoms with van der Waals surface area (Å²) in [5.41, 5.74) is 0. The second kappa shape index (κ2) is 4.67. The maximum atomic E-state index is 10.3. The molecule has 1 rings (SSSR count). The highest BCUT2D eigenvalue weighted by molar-refractivity contribution is 5.71. The summed E-state index contributed by atoms with van der Waals surface area (Å²) in [5.74, 6) is 0.935. The van der Waals surface area contributed by atoms with Crippen molar-refractivity contribution in [2.45, 2.75) is 6.92 Å². The summed E-state index contributed by atoms with van der Waals surface area (Å²) >= 11 is 0. The number of aldehydes is 1. The summed E-state index contributed by atoms with van der Waals surface area (Å²) in [7, 11) is 0. The van der Waals surface area contributed by atoms with Crippen LogP contribution >= 0.6 is 0 Å². The Hall–Kier alpha value is -1.29. The number of rotatable bonds is 5. The molecular formula is C9H13NO3. The number of hydrogen-bond acceptors (Lipinski definition) is 4. The molecule has 0 bridgehead atoms. The van der Waals surface area contributed by atoms with Crippen LogP contribution in [0, 0.1) is 0 Å². The molecule has 0 aliphatic carbocycles. The molecule has 72 valence electrons. The first-order chi connectivity index (χ1) is 6.31. The third kappa shape index (κ3) is 2.32. The zero-order valence-corrected chi connectivity index (χ0v) is 7.56. The Balaban J connectivity index is 2.72. The maximum Gasteiger partial charge on any atom is 0.196 e. The van der Waals surface area contributed by atoms with Gasteiger partial charge in [0.05, 0.1) is 6.61 Å². The first kappa shape index (κ1) is 9.80. The molecule has 13 heavy (non-hydrogen) atoms. The van der Waals surface area contributed by atoms with Crippen LogP contribution in [0.5, 0.6) is 0 Å². The van der Waals surface area contributed by atoms with Crippen molar-refractivity contribution < 1.29 is 14.3 Å². The molecule has 1 aromatic rings. The smallest absolute Gasteiger partial charge is 0.196 e. The fourth-order valence-electron chi connectivity index (χ4n) is 1.12. The van der Waals surface area contributed by atoms with Crippen LogP contribution < -0.4 is 4.90 Å². The van der Waals surface area contributed by atoms with E-state index in [1.165, 1.54) is 0 Å². The molecule has 0 aliphatic rings. The van der Waals surface area contributed by atoms with Crippen molar-refractivity contribution in [1.29, 1.82) is 0 Å². The van der Waals surface area contributed by atoms with E-state index in [0.29, 0.717) is 24.5 Å². The summed E-state index contributed by atoms with van der Waals surface area (Å²) in [5, 5.41) is 8.74. The number of anilines is 1. The third-order valence-corrected chi connectivity index (χ3v) is 1.79. The van der Waals surface area contributed by atoms with E-state index in [-0.39, 0.29) is 6.61 Å². The van der Waals surface area contributed by atoms with E-state index in [1.54, 1.807) is 12.1 Å². The Morgan fingerprint density at radius 3 is 2.85 bits per heavy atom. The number of carbonyl (C=O) groups excluding carboxylic acids is 1. The summed E-state index contributed by atoms with van der Waals surface area (Å²) in [6.45, 7) is 3.29. The number of carbonyl (C=O) groups is 1. The van der Waals surface area contributed by atoms with Gasteiger partial charge in [0.15, 0.2) is 17.9 Å². The Labute approximate surface area is 76.8 Å². The van der Waals surface area contributed by atoms with E-state index in [1.807, 2.05) is 11.8 Å². The number of nitrogens with zero attached hydrogens (tertiary/aromatic N) is 1. The normalized spacial score (nSPS) is 10.0. The lowest BCUT2D eigenvalue weighted by Gasteiger charge is -2.17. The summed E-state index contributed by atoms with van der Waals surface area (Å²) in [4.78, 5) is 12.2. The second-order valence-corrected chi connectivity index (χ2v) is 2.60. The van der Waals surface area contributed by atoms with E-state index < -0.39 is 0 Å². The van der Waals surface area contributed by atoms with E-state index >= 15 is 0 Å². The number of aliphatic hydroxyl groups is 1. The largest absolute Gasteiger partial charge is 0.438 e. The number of aliphatic hydroxyl groups excluding tert-OH is 1. The molecule has 0 amide bonds. The molecule has 1 aromatic heterocycles. The average molecular weight is 183 g/mol. The molecule has 0 fully saturated rings. The van der Waals surface area contributed by atoms with Crippen LogP contribution in [0.25, 0.3) is 0 Å². The van der Waals surface area contributed by atoms with Crippen molar-refractivity contribution >= 4 is 12.2 Å². The van der Waals surface area contributed by atoms with Gasteiger partial charge in [0.25, 0.3) is 0 Å². The van der Waals surface area contributed by atoms with Gasteiger partial charge in [-0.3, -0.25) is 4.79 Å². The predicted molar refractivity (Wildman–Crippen MR) is 49.1 cm³/mol. The van der Waals surface area contributed by atoms with Gasteiger partial charge in [0.1, 0.15) is 0 Å². The van der Waals surface area contributed by atoms with E-state index in [2.05, 4.69) is 0 Å². The SMILES string of the molecule is CCN(CCO)c1ccc(C=O)o1. The van der Waals surface area contributed by atoms with E-state index in [9.17, 15) is 4.79 Å². The predicted octanol–water partition coefficient (Wildman–Crippen LogP) is 0.911. The summed E-state index contributed by atoms with van der Waals surface area (Å²) in [6, 6.07) is 3.34. The topological polar surface area (TPSA) is 53.7 Å². The van der Waals surface area contributed by atoms with Crippen LogP contribution in [-0.4, -0.2) is 31.1 Å². The highest BCUT2D eigenvalue weighted by Gasteiger charge is 2.07. The summed E-state index contributed by atoms with van der Waals surface area (Å²) < 4.78 is 5.19. The van der Waals surface area contributed by atoms with Gasteiger partial charge in [0, 0.05) is 19.2 Å². The zero-order chi connectivity index (χ0) is 9.68. The lowest BCUT2D eigenvalue weighted by molar-refractivity contribution is 0.110. The highest BCUT2D eigenvalue weighted by Crippen LogP contribution is 2.16. The van der Waals surface area contributed by atoms with Gasteiger partial charge >= 0.3 is 0 Å². The quantitative estimate of drug-likeness (QED) is 0.689. The fourth-order valence-corrected chi connectivity index (χ4v) is 1.12. The minimum Gasteiger partial charge on any atom is -0.438 e. The van der Waals surface area contributed by atoms with Crippen LogP contribution in [0.4, 0.5) is 5.88 Å². The monoisotopic (exact) mass is 183 g/mol. The molecule has 0 saturated heterocycles. The molecule has 0 radical (unpaired) electrons. The molecule has 0 aromatic carbocycles. The minimum atomic E-state index is 0.0744. The molecule has 4 heteroatoms. The Bertz CT molecular complexity index is 270. The molecule has 1 N–H and O–H groups in total. The third-order valence-electron chi connectivity index (χ3n) is 1.79. The second-order valence-electron chi connectivity index (χ2n) is 2.60. The Morgan fingerprint density at radius 2 is 2.38 bits per heavy atom. The lowest BCUT2D eigenvalue weighted by Crippen LogP contribution is -2.25. The first-order valence-electron chi connectivity index (χ1n) is 4.22. The first-order valence-corrected chi connectivity index (χ1v) is 4.22.